The maximum absolute atomic E-state index is 12.4. The number of anilines is 1. The smallest absolute Gasteiger partial charge is 0.223 e. The molecule has 2 aliphatic rings. The molecule has 1 aromatic heterocycles. The van der Waals surface area contributed by atoms with Gasteiger partial charge in [-0.3, -0.25) is 4.79 Å². The van der Waals surface area contributed by atoms with Crippen LogP contribution in [0.1, 0.15) is 38.5 Å². The summed E-state index contributed by atoms with van der Waals surface area (Å²) in [5, 5.41) is 7.63. The molecule has 6 nitrogen and oxygen atoms in total. The molecule has 1 aromatic carbocycles. The maximum atomic E-state index is 12.4. The predicted molar refractivity (Wildman–Crippen MR) is 113 cm³/mol. The molecule has 0 spiro atoms. The largest absolute Gasteiger partial charge is 0.376 e. The number of fused-ring (bicyclic) bond motifs is 1. The van der Waals surface area contributed by atoms with Crippen LogP contribution in [0.3, 0.4) is 0 Å². The van der Waals surface area contributed by atoms with Gasteiger partial charge >= 0.3 is 0 Å². The molecule has 150 valence electrons. The molecule has 2 fully saturated rings. The first-order valence-corrected chi connectivity index (χ1v) is 10.7. The van der Waals surface area contributed by atoms with E-state index in [1.807, 2.05) is 24.3 Å². The Balaban J connectivity index is 1.26. The summed E-state index contributed by atoms with van der Waals surface area (Å²) in [5.41, 5.74) is 0.997. The monoisotopic (exact) mass is 400 g/mol. The van der Waals surface area contributed by atoms with Crippen LogP contribution in [0.15, 0.2) is 24.3 Å². The Kier molecular flexibility index (Phi) is 6.22. The number of amides is 1. The van der Waals surface area contributed by atoms with E-state index in [1.165, 1.54) is 0 Å². The summed E-state index contributed by atoms with van der Waals surface area (Å²) in [5.74, 6) is 1.74. The summed E-state index contributed by atoms with van der Waals surface area (Å²) in [6.45, 7) is 2.35. The molecule has 0 bridgehead atoms. The molecule has 3 N–H and O–H groups in total. The maximum Gasteiger partial charge on any atom is 0.223 e. The Labute approximate surface area is 170 Å². The number of nitrogens with zero attached hydrogens (tertiary/aromatic N) is 1. The van der Waals surface area contributed by atoms with Crippen molar-refractivity contribution < 1.29 is 9.53 Å². The van der Waals surface area contributed by atoms with Crippen LogP contribution >= 0.6 is 12.2 Å². The average Bonchev–Trinajstić information content (AvgIpc) is 3.24. The van der Waals surface area contributed by atoms with Gasteiger partial charge in [-0.25, -0.2) is 4.98 Å². The highest BCUT2D eigenvalue weighted by molar-refractivity contribution is 7.71. The predicted octanol–water partition coefficient (Wildman–Crippen LogP) is 3.81. The molecule has 28 heavy (non-hydrogen) atoms. The molecule has 7 heteroatoms. The quantitative estimate of drug-likeness (QED) is 0.643. The summed E-state index contributed by atoms with van der Waals surface area (Å²) in [6, 6.07) is 8.05. The molecule has 1 saturated carbocycles. The van der Waals surface area contributed by atoms with Gasteiger partial charge in [-0.1, -0.05) is 12.1 Å². The highest BCUT2D eigenvalue weighted by Crippen LogP contribution is 2.30. The minimum atomic E-state index is 0.141. The molecule has 1 atom stereocenters. The van der Waals surface area contributed by atoms with Gasteiger partial charge in [0.1, 0.15) is 5.82 Å². The van der Waals surface area contributed by atoms with Crippen molar-refractivity contribution in [2.24, 2.45) is 11.8 Å². The van der Waals surface area contributed by atoms with Crippen molar-refractivity contribution in [2.75, 3.05) is 25.0 Å². The lowest BCUT2D eigenvalue weighted by Crippen LogP contribution is -2.38. The van der Waals surface area contributed by atoms with Crippen LogP contribution < -0.4 is 10.6 Å². The van der Waals surface area contributed by atoms with Gasteiger partial charge in [-0.15, -0.1) is 0 Å². The number of para-hydroxylation sites is 1. The topological polar surface area (TPSA) is 79.0 Å². The van der Waals surface area contributed by atoms with Crippen LogP contribution in [-0.2, 0) is 9.53 Å². The lowest BCUT2D eigenvalue weighted by molar-refractivity contribution is -0.126. The van der Waals surface area contributed by atoms with Gasteiger partial charge in [0.25, 0.3) is 0 Å². The van der Waals surface area contributed by atoms with Gasteiger partial charge in [0.05, 0.1) is 11.6 Å². The molecular formula is C21H28N4O2S. The molecule has 0 radical (unpaired) electrons. The highest BCUT2D eigenvalue weighted by atomic mass is 32.1. The summed E-state index contributed by atoms with van der Waals surface area (Å²) < 4.78 is 6.08. The molecule has 1 saturated heterocycles. The SMILES string of the molecule is O=C(NC[C@@H]1CCCO1)C1CCC(CNc2nc(=S)[nH]c3ccccc23)CC1. The van der Waals surface area contributed by atoms with Gasteiger partial charge in [0.15, 0.2) is 4.77 Å². The first-order valence-electron chi connectivity index (χ1n) is 10.3. The summed E-state index contributed by atoms with van der Waals surface area (Å²) in [4.78, 5) is 20.0. The van der Waals surface area contributed by atoms with Crippen molar-refractivity contribution in [3.05, 3.63) is 29.0 Å². The van der Waals surface area contributed by atoms with E-state index in [-0.39, 0.29) is 17.9 Å². The fraction of sp³-hybridized carbons (Fsp3) is 0.571. The van der Waals surface area contributed by atoms with E-state index < -0.39 is 0 Å². The summed E-state index contributed by atoms with van der Waals surface area (Å²) >= 11 is 5.25. The van der Waals surface area contributed by atoms with Gasteiger partial charge in [0, 0.05) is 31.0 Å². The van der Waals surface area contributed by atoms with Crippen LogP contribution in [-0.4, -0.2) is 41.7 Å². The molecule has 4 rings (SSSR count). The average molecular weight is 401 g/mol. The normalized spacial score (nSPS) is 24.9. The third kappa shape index (κ3) is 4.70. The second-order valence-electron chi connectivity index (χ2n) is 7.91. The lowest BCUT2D eigenvalue weighted by atomic mass is 9.81. The number of hydrogen-bond acceptors (Lipinski definition) is 5. The van der Waals surface area contributed by atoms with Crippen LogP contribution in [0.4, 0.5) is 5.82 Å². The van der Waals surface area contributed by atoms with Crippen molar-refractivity contribution in [2.45, 2.75) is 44.6 Å². The molecule has 0 unspecified atom stereocenters. The highest BCUT2D eigenvalue weighted by Gasteiger charge is 2.27. The van der Waals surface area contributed by atoms with E-state index in [4.69, 9.17) is 17.0 Å². The summed E-state index contributed by atoms with van der Waals surface area (Å²) in [6.07, 6.45) is 6.40. The number of hydrogen-bond donors (Lipinski definition) is 3. The number of carbonyl (C=O) groups excluding carboxylic acids is 1. The van der Waals surface area contributed by atoms with E-state index in [9.17, 15) is 4.79 Å². The number of aromatic nitrogens is 2. The fourth-order valence-corrected chi connectivity index (χ4v) is 4.47. The standard InChI is InChI=1S/C21H28N4O2S/c26-20(23-13-16-4-3-11-27-16)15-9-7-14(8-10-15)12-22-19-17-5-1-2-6-18(17)24-21(28)25-19/h1-2,5-6,14-16H,3-4,7-13H2,(H,23,26)(H2,22,24,25,28)/t14?,15?,16-/m0/s1. The van der Waals surface area contributed by atoms with E-state index in [0.717, 1.165) is 68.4 Å². The van der Waals surface area contributed by atoms with Crippen molar-refractivity contribution >= 4 is 34.8 Å². The zero-order valence-electron chi connectivity index (χ0n) is 16.1. The second-order valence-corrected chi connectivity index (χ2v) is 8.30. The van der Waals surface area contributed by atoms with E-state index in [0.29, 0.717) is 17.2 Å². The minimum Gasteiger partial charge on any atom is -0.376 e. The number of H-pyrrole nitrogens is 1. The zero-order chi connectivity index (χ0) is 19.3. The number of ether oxygens (including phenoxy) is 1. The Morgan fingerprint density at radius 2 is 2.00 bits per heavy atom. The van der Waals surface area contributed by atoms with Crippen molar-refractivity contribution in [1.82, 2.24) is 15.3 Å². The second kappa shape index (κ2) is 9.01. The lowest BCUT2D eigenvalue weighted by Gasteiger charge is -2.28. The summed E-state index contributed by atoms with van der Waals surface area (Å²) in [7, 11) is 0. The molecule has 2 heterocycles. The first-order chi connectivity index (χ1) is 13.7. The van der Waals surface area contributed by atoms with Crippen LogP contribution in [0.5, 0.6) is 0 Å². The van der Waals surface area contributed by atoms with E-state index in [2.05, 4.69) is 20.6 Å². The molecule has 1 aliphatic carbocycles. The van der Waals surface area contributed by atoms with E-state index >= 15 is 0 Å². The number of carbonyl (C=O) groups is 1. The third-order valence-corrected chi connectivity index (χ3v) is 6.13. The van der Waals surface area contributed by atoms with Crippen molar-refractivity contribution in [3.63, 3.8) is 0 Å². The molecule has 2 aromatic rings. The van der Waals surface area contributed by atoms with E-state index in [1.54, 1.807) is 0 Å². The minimum absolute atomic E-state index is 0.141. The Morgan fingerprint density at radius 1 is 1.18 bits per heavy atom. The van der Waals surface area contributed by atoms with Crippen LogP contribution in [0.25, 0.3) is 10.9 Å². The van der Waals surface area contributed by atoms with Crippen molar-refractivity contribution in [3.8, 4) is 0 Å². The van der Waals surface area contributed by atoms with Gasteiger partial charge in [0.2, 0.25) is 5.91 Å². The molecule has 1 aliphatic heterocycles. The van der Waals surface area contributed by atoms with Crippen LogP contribution in [0, 0.1) is 16.6 Å². The fourth-order valence-electron chi connectivity index (χ4n) is 4.27. The van der Waals surface area contributed by atoms with Crippen LogP contribution in [0.2, 0.25) is 0 Å². The number of rotatable bonds is 6. The number of nitrogens with one attached hydrogen (secondary N) is 3. The Hall–Kier alpha value is -1.99. The molecular weight excluding hydrogens is 372 g/mol. The first kappa shape index (κ1) is 19.3. The zero-order valence-corrected chi connectivity index (χ0v) is 16.9. The van der Waals surface area contributed by atoms with Gasteiger partial charge in [-0.2, -0.15) is 0 Å². The van der Waals surface area contributed by atoms with Crippen molar-refractivity contribution in [1.29, 1.82) is 0 Å². The third-order valence-electron chi connectivity index (χ3n) is 5.94. The Bertz CT molecular complexity index is 870. The molecule has 1 amide bonds. The number of benzene rings is 1. The van der Waals surface area contributed by atoms with Gasteiger partial charge < -0.3 is 20.4 Å². The van der Waals surface area contributed by atoms with Gasteiger partial charge in [-0.05, 0) is 68.8 Å². The number of aromatic amines is 1. The Morgan fingerprint density at radius 3 is 2.79 bits per heavy atom.